The molecule has 0 unspecified atom stereocenters. The van der Waals surface area contributed by atoms with Crippen LogP contribution in [0.25, 0.3) is 10.6 Å². The number of thiazole rings is 1. The lowest BCUT2D eigenvalue weighted by molar-refractivity contribution is 0.0724. The molecule has 1 aliphatic heterocycles. The zero-order valence-corrected chi connectivity index (χ0v) is 20.8. The number of aromatic nitrogens is 3. The van der Waals surface area contributed by atoms with Crippen LogP contribution in [0.4, 0.5) is 0 Å². The number of carbonyl (C=O) groups is 2. The van der Waals surface area contributed by atoms with E-state index >= 15 is 0 Å². The van der Waals surface area contributed by atoms with Crippen molar-refractivity contribution in [3.8, 4) is 10.6 Å². The number of nitrogens with one attached hydrogen (secondary N) is 1. The standard InChI is InChI=1S/C25H29N5O3S/c1-15-16(2)28-29(4)25(33)20(15)23-27-17(3)21(34-23)22(31)26-14-18-9-8-10-19(13-18)24(32)30-11-6-5-7-12-30/h8-10,13H,5-7,11-12,14H2,1-4H3,(H,26,31). The summed E-state index contributed by atoms with van der Waals surface area (Å²) in [6.45, 7) is 7.34. The molecular weight excluding hydrogens is 450 g/mol. The molecule has 8 nitrogen and oxygen atoms in total. The van der Waals surface area contributed by atoms with Crippen molar-refractivity contribution in [2.75, 3.05) is 13.1 Å². The highest BCUT2D eigenvalue weighted by molar-refractivity contribution is 7.17. The van der Waals surface area contributed by atoms with E-state index in [1.165, 1.54) is 22.4 Å². The summed E-state index contributed by atoms with van der Waals surface area (Å²) >= 11 is 1.20. The second-order valence-electron chi connectivity index (χ2n) is 8.68. The average Bonchev–Trinajstić information content (AvgIpc) is 3.22. The molecule has 34 heavy (non-hydrogen) atoms. The van der Waals surface area contributed by atoms with E-state index in [-0.39, 0.29) is 17.4 Å². The molecule has 1 saturated heterocycles. The van der Waals surface area contributed by atoms with Gasteiger partial charge in [-0.15, -0.1) is 11.3 Å². The monoisotopic (exact) mass is 479 g/mol. The van der Waals surface area contributed by atoms with Crippen LogP contribution in [0.1, 0.15) is 61.8 Å². The van der Waals surface area contributed by atoms with Gasteiger partial charge in [0.1, 0.15) is 9.88 Å². The van der Waals surface area contributed by atoms with Crippen LogP contribution in [-0.4, -0.2) is 44.6 Å². The maximum Gasteiger partial charge on any atom is 0.277 e. The van der Waals surface area contributed by atoms with Crippen molar-refractivity contribution in [1.82, 2.24) is 25.0 Å². The topological polar surface area (TPSA) is 97.2 Å². The molecule has 0 spiro atoms. The smallest absolute Gasteiger partial charge is 0.277 e. The van der Waals surface area contributed by atoms with Crippen LogP contribution in [0.5, 0.6) is 0 Å². The number of carbonyl (C=O) groups excluding carboxylic acids is 2. The van der Waals surface area contributed by atoms with Crippen LogP contribution in [-0.2, 0) is 13.6 Å². The van der Waals surface area contributed by atoms with Crippen LogP contribution in [0.3, 0.4) is 0 Å². The fourth-order valence-electron chi connectivity index (χ4n) is 4.17. The number of likely N-dealkylation sites (tertiary alicyclic amines) is 1. The number of benzene rings is 1. The largest absolute Gasteiger partial charge is 0.347 e. The number of hydrogen-bond donors (Lipinski definition) is 1. The predicted octanol–water partition coefficient (Wildman–Crippen LogP) is 3.39. The Morgan fingerprint density at radius 1 is 1.09 bits per heavy atom. The van der Waals surface area contributed by atoms with Gasteiger partial charge in [0.25, 0.3) is 17.4 Å². The van der Waals surface area contributed by atoms with Gasteiger partial charge in [-0.3, -0.25) is 14.4 Å². The summed E-state index contributed by atoms with van der Waals surface area (Å²) in [6, 6.07) is 7.40. The van der Waals surface area contributed by atoms with Gasteiger partial charge in [-0.25, -0.2) is 9.67 Å². The van der Waals surface area contributed by atoms with Crippen LogP contribution >= 0.6 is 11.3 Å². The molecule has 0 aliphatic carbocycles. The molecule has 0 saturated carbocycles. The van der Waals surface area contributed by atoms with Crippen molar-refractivity contribution in [2.45, 2.75) is 46.6 Å². The fraction of sp³-hybridized carbons (Fsp3) is 0.400. The first-order valence-electron chi connectivity index (χ1n) is 11.4. The van der Waals surface area contributed by atoms with Crippen LogP contribution < -0.4 is 10.9 Å². The molecule has 0 radical (unpaired) electrons. The number of rotatable bonds is 5. The second-order valence-corrected chi connectivity index (χ2v) is 9.68. The summed E-state index contributed by atoms with van der Waals surface area (Å²) in [4.78, 5) is 45.3. The summed E-state index contributed by atoms with van der Waals surface area (Å²) in [7, 11) is 1.61. The van der Waals surface area contributed by atoms with Crippen molar-refractivity contribution < 1.29 is 9.59 Å². The minimum absolute atomic E-state index is 0.0421. The second kappa shape index (κ2) is 9.89. The van der Waals surface area contributed by atoms with Crippen molar-refractivity contribution >= 4 is 23.2 Å². The van der Waals surface area contributed by atoms with Crippen LogP contribution in [0.15, 0.2) is 29.1 Å². The average molecular weight is 480 g/mol. The molecule has 2 amide bonds. The van der Waals surface area contributed by atoms with Gasteiger partial charge < -0.3 is 10.2 Å². The molecule has 9 heteroatoms. The van der Waals surface area contributed by atoms with Crippen LogP contribution in [0.2, 0.25) is 0 Å². The molecule has 1 aliphatic rings. The zero-order chi connectivity index (χ0) is 24.4. The third-order valence-electron chi connectivity index (χ3n) is 6.21. The van der Waals surface area contributed by atoms with Crippen molar-refractivity contribution in [3.63, 3.8) is 0 Å². The maximum atomic E-state index is 12.9. The van der Waals surface area contributed by atoms with Crippen molar-refractivity contribution in [2.24, 2.45) is 7.05 Å². The van der Waals surface area contributed by atoms with Gasteiger partial charge >= 0.3 is 0 Å². The first kappa shape index (κ1) is 23.8. The minimum atomic E-state index is -0.255. The summed E-state index contributed by atoms with van der Waals surface area (Å²) in [6.07, 6.45) is 3.26. The lowest BCUT2D eigenvalue weighted by Crippen LogP contribution is -2.35. The highest BCUT2D eigenvalue weighted by atomic mass is 32.1. The third-order valence-corrected chi connectivity index (χ3v) is 7.39. The van der Waals surface area contributed by atoms with E-state index in [2.05, 4.69) is 15.4 Å². The molecule has 2 aromatic heterocycles. The Labute approximate surface area is 202 Å². The van der Waals surface area contributed by atoms with E-state index in [9.17, 15) is 14.4 Å². The molecule has 4 rings (SSSR count). The predicted molar refractivity (Wildman–Crippen MR) is 132 cm³/mol. The molecule has 3 aromatic rings. The molecule has 1 N–H and O–H groups in total. The summed E-state index contributed by atoms with van der Waals surface area (Å²) in [5.41, 5.74) is 3.82. The highest BCUT2D eigenvalue weighted by Crippen LogP contribution is 2.28. The quantitative estimate of drug-likeness (QED) is 0.605. The van der Waals surface area contributed by atoms with E-state index in [1.807, 2.05) is 43.0 Å². The SMILES string of the molecule is Cc1nc(-c2c(C)c(C)nn(C)c2=O)sc1C(=O)NCc1cccc(C(=O)N2CCCCC2)c1. The lowest BCUT2D eigenvalue weighted by atomic mass is 10.1. The maximum absolute atomic E-state index is 12.9. The van der Waals surface area contributed by atoms with E-state index in [4.69, 9.17) is 0 Å². The Kier molecular flexibility index (Phi) is 6.92. The Morgan fingerprint density at radius 2 is 1.82 bits per heavy atom. The van der Waals surface area contributed by atoms with Crippen LogP contribution in [0, 0.1) is 20.8 Å². The Morgan fingerprint density at radius 3 is 2.56 bits per heavy atom. The van der Waals surface area contributed by atoms with E-state index in [0.29, 0.717) is 33.3 Å². The summed E-state index contributed by atoms with van der Waals surface area (Å²) in [5.74, 6) is -0.213. The highest BCUT2D eigenvalue weighted by Gasteiger charge is 2.22. The number of piperidine rings is 1. The Hall–Kier alpha value is -3.33. The number of hydrogen-bond acceptors (Lipinski definition) is 6. The van der Waals surface area contributed by atoms with Gasteiger partial charge in [-0.2, -0.15) is 5.10 Å². The number of nitrogens with zero attached hydrogens (tertiary/aromatic N) is 4. The first-order valence-corrected chi connectivity index (χ1v) is 12.3. The molecule has 1 aromatic carbocycles. The molecule has 178 valence electrons. The van der Waals surface area contributed by atoms with Crippen molar-refractivity contribution in [3.05, 3.63) is 67.6 Å². The van der Waals surface area contributed by atoms with Gasteiger partial charge in [0.2, 0.25) is 0 Å². The Bertz CT molecular complexity index is 1300. The van der Waals surface area contributed by atoms with Gasteiger partial charge in [-0.05, 0) is 63.3 Å². The number of aryl methyl sites for hydroxylation is 3. The van der Waals surface area contributed by atoms with E-state index in [1.54, 1.807) is 14.0 Å². The van der Waals surface area contributed by atoms with Gasteiger partial charge in [-0.1, -0.05) is 12.1 Å². The van der Waals surface area contributed by atoms with Crippen molar-refractivity contribution in [1.29, 1.82) is 0 Å². The van der Waals surface area contributed by atoms with E-state index in [0.717, 1.165) is 42.8 Å². The first-order chi connectivity index (χ1) is 16.3. The molecule has 1 fully saturated rings. The minimum Gasteiger partial charge on any atom is -0.347 e. The number of amides is 2. The van der Waals surface area contributed by atoms with Gasteiger partial charge in [0.15, 0.2) is 0 Å². The Balaban J connectivity index is 1.49. The molecule has 0 atom stereocenters. The summed E-state index contributed by atoms with van der Waals surface area (Å²) in [5, 5.41) is 7.65. The van der Waals surface area contributed by atoms with Gasteiger partial charge in [0.05, 0.1) is 17.0 Å². The summed E-state index contributed by atoms with van der Waals surface area (Å²) < 4.78 is 1.30. The molecule has 3 heterocycles. The lowest BCUT2D eigenvalue weighted by Gasteiger charge is -2.26. The normalized spacial score (nSPS) is 13.7. The fourth-order valence-corrected chi connectivity index (χ4v) is 5.25. The third kappa shape index (κ3) is 4.79. The molecule has 0 bridgehead atoms. The molecular formula is C25H29N5O3S. The van der Waals surface area contributed by atoms with E-state index < -0.39 is 0 Å². The van der Waals surface area contributed by atoms with Gasteiger partial charge in [0, 0.05) is 32.2 Å². The zero-order valence-electron chi connectivity index (χ0n) is 20.0.